The molecule has 0 amide bonds. The van der Waals surface area contributed by atoms with Gasteiger partial charge in [0, 0.05) is 24.3 Å². The summed E-state index contributed by atoms with van der Waals surface area (Å²) in [5, 5.41) is 0. The quantitative estimate of drug-likeness (QED) is 0.893. The van der Waals surface area contributed by atoms with Crippen molar-refractivity contribution >= 4 is 0 Å². The summed E-state index contributed by atoms with van der Waals surface area (Å²) in [5.74, 6) is 0.689. The number of hydrogen-bond donors (Lipinski definition) is 1. The second kappa shape index (κ2) is 5.70. The third-order valence-corrected chi connectivity index (χ3v) is 3.71. The molecular formula is C15H24N2O. The van der Waals surface area contributed by atoms with Crippen molar-refractivity contribution < 1.29 is 0 Å². The fourth-order valence-corrected chi connectivity index (χ4v) is 2.87. The van der Waals surface area contributed by atoms with E-state index in [4.69, 9.17) is 0 Å². The van der Waals surface area contributed by atoms with Crippen LogP contribution in [0.1, 0.15) is 50.3 Å². The number of nitrogens with zero attached hydrogens (tertiary/aromatic N) is 1. The Kier molecular flexibility index (Phi) is 4.23. The van der Waals surface area contributed by atoms with E-state index in [0.29, 0.717) is 12.0 Å². The molecule has 3 nitrogen and oxygen atoms in total. The van der Waals surface area contributed by atoms with Crippen LogP contribution in [0.25, 0.3) is 0 Å². The van der Waals surface area contributed by atoms with Gasteiger partial charge in [-0.15, -0.1) is 0 Å². The largest absolute Gasteiger partial charge is 0.329 e. The Balaban J connectivity index is 2.22. The zero-order valence-corrected chi connectivity index (χ0v) is 11.7. The van der Waals surface area contributed by atoms with E-state index in [9.17, 15) is 4.79 Å². The lowest BCUT2D eigenvalue weighted by Crippen LogP contribution is -2.36. The number of hydrogen-bond acceptors (Lipinski definition) is 2. The van der Waals surface area contributed by atoms with Crippen molar-refractivity contribution in [3.63, 3.8) is 0 Å². The maximum absolute atomic E-state index is 11.4. The SMILES string of the molecule is Cc1cc([C@H]2CCCCN2CC(C)C)c[nH]c1=O. The van der Waals surface area contributed by atoms with E-state index in [1.165, 1.54) is 31.4 Å². The van der Waals surface area contributed by atoms with Crippen LogP contribution in [-0.4, -0.2) is 23.0 Å². The topological polar surface area (TPSA) is 36.1 Å². The zero-order chi connectivity index (χ0) is 13.1. The Morgan fingerprint density at radius 1 is 1.44 bits per heavy atom. The lowest BCUT2D eigenvalue weighted by molar-refractivity contribution is 0.132. The summed E-state index contributed by atoms with van der Waals surface area (Å²) in [6.07, 6.45) is 5.69. The molecule has 0 unspecified atom stereocenters. The average molecular weight is 248 g/mol. The van der Waals surface area contributed by atoms with E-state index in [0.717, 1.165) is 12.1 Å². The molecule has 1 fully saturated rings. The Hall–Kier alpha value is -1.09. The van der Waals surface area contributed by atoms with E-state index in [-0.39, 0.29) is 5.56 Å². The number of nitrogens with one attached hydrogen (secondary N) is 1. The van der Waals surface area contributed by atoms with E-state index in [2.05, 4.69) is 29.8 Å². The van der Waals surface area contributed by atoms with Crippen molar-refractivity contribution in [2.45, 2.75) is 46.1 Å². The standard InChI is InChI=1S/C15H24N2O/c1-11(2)10-17-7-5-4-6-14(17)13-8-12(3)15(18)16-9-13/h8-9,11,14H,4-7,10H2,1-3H3,(H,16,18)/t14-/m1/s1. The number of H-pyrrole nitrogens is 1. The van der Waals surface area contributed by atoms with Crippen LogP contribution in [0.2, 0.25) is 0 Å². The molecule has 3 heteroatoms. The molecule has 0 bridgehead atoms. The molecule has 1 aliphatic rings. The number of likely N-dealkylation sites (tertiary alicyclic amines) is 1. The Bertz CT molecular complexity index is 450. The van der Waals surface area contributed by atoms with Gasteiger partial charge in [-0.1, -0.05) is 20.3 Å². The molecule has 1 atom stereocenters. The smallest absolute Gasteiger partial charge is 0.250 e. The number of aromatic amines is 1. The van der Waals surface area contributed by atoms with Crippen molar-refractivity contribution in [3.8, 4) is 0 Å². The molecule has 100 valence electrons. The highest BCUT2D eigenvalue weighted by Gasteiger charge is 2.24. The van der Waals surface area contributed by atoms with Crippen LogP contribution >= 0.6 is 0 Å². The Morgan fingerprint density at radius 2 is 2.22 bits per heavy atom. The van der Waals surface area contributed by atoms with Crippen LogP contribution in [0.15, 0.2) is 17.1 Å². The number of rotatable bonds is 3. The number of pyridine rings is 1. The minimum absolute atomic E-state index is 0.0324. The molecule has 1 aromatic rings. The van der Waals surface area contributed by atoms with E-state index < -0.39 is 0 Å². The predicted octanol–water partition coefficient (Wildman–Crippen LogP) is 2.87. The van der Waals surface area contributed by atoms with Gasteiger partial charge in [0.2, 0.25) is 0 Å². The van der Waals surface area contributed by atoms with Crippen molar-refractivity contribution in [2.24, 2.45) is 5.92 Å². The molecule has 0 spiro atoms. The molecule has 2 rings (SSSR count). The van der Waals surface area contributed by atoms with Gasteiger partial charge in [-0.3, -0.25) is 9.69 Å². The van der Waals surface area contributed by atoms with Crippen LogP contribution in [0.3, 0.4) is 0 Å². The highest BCUT2D eigenvalue weighted by atomic mass is 16.1. The Labute approximate surface area is 109 Å². The monoisotopic (exact) mass is 248 g/mol. The molecular weight excluding hydrogens is 224 g/mol. The molecule has 0 aliphatic carbocycles. The lowest BCUT2D eigenvalue weighted by Gasteiger charge is -2.37. The molecule has 1 aliphatic heterocycles. The average Bonchev–Trinajstić information content (AvgIpc) is 2.33. The predicted molar refractivity (Wildman–Crippen MR) is 74.8 cm³/mol. The first-order valence-corrected chi connectivity index (χ1v) is 7.01. The summed E-state index contributed by atoms with van der Waals surface area (Å²) in [6.45, 7) is 8.75. The normalized spacial score (nSPS) is 21.4. The van der Waals surface area contributed by atoms with Gasteiger partial charge in [-0.25, -0.2) is 0 Å². The lowest BCUT2D eigenvalue weighted by atomic mass is 9.94. The van der Waals surface area contributed by atoms with Crippen LogP contribution in [-0.2, 0) is 0 Å². The van der Waals surface area contributed by atoms with Gasteiger partial charge in [0.15, 0.2) is 0 Å². The highest BCUT2D eigenvalue weighted by Crippen LogP contribution is 2.30. The summed E-state index contributed by atoms with van der Waals surface area (Å²) >= 11 is 0. The highest BCUT2D eigenvalue weighted by molar-refractivity contribution is 5.21. The van der Waals surface area contributed by atoms with Gasteiger partial charge in [-0.2, -0.15) is 0 Å². The molecule has 0 radical (unpaired) electrons. The van der Waals surface area contributed by atoms with E-state index in [1.54, 1.807) is 0 Å². The second-order valence-electron chi connectivity index (χ2n) is 5.85. The molecule has 18 heavy (non-hydrogen) atoms. The van der Waals surface area contributed by atoms with Gasteiger partial charge in [0.25, 0.3) is 5.56 Å². The summed E-state index contributed by atoms with van der Waals surface area (Å²) in [5.41, 5.74) is 2.12. The molecule has 2 heterocycles. The summed E-state index contributed by atoms with van der Waals surface area (Å²) < 4.78 is 0. The minimum atomic E-state index is 0.0324. The van der Waals surface area contributed by atoms with Crippen molar-refractivity contribution in [3.05, 3.63) is 33.7 Å². The van der Waals surface area contributed by atoms with Gasteiger partial charge in [0.1, 0.15) is 0 Å². The summed E-state index contributed by atoms with van der Waals surface area (Å²) in [6, 6.07) is 2.54. The maximum atomic E-state index is 11.4. The molecule has 0 saturated carbocycles. The molecule has 1 saturated heterocycles. The van der Waals surface area contributed by atoms with Crippen LogP contribution in [0, 0.1) is 12.8 Å². The number of piperidine rings is 1. The van der Waals surface area contributed by atoms with Gasteiger partial charge in [0.05, 0.1) is 0 Å². The first-order chi connectivity index (χ1) is 8.58. The van der Waals surface area contributed by atoms with Crippen LogP contribution in [0.4, 0.5) is 0 Å². The second-order valence-corrected chi connectivity index (χ2v) is 5.85. The molecule has 0 aromatic carbocycles. The number of aryl methyl sites for hydroxylation is 1. The van der Waals surface area contributed by atoms with E-state index in [1.807, 2.05) is 13.1 Å². The zero-order valence-electron chi connectivity index (χ0n) is 11.7. The molecule has 1 aromatic heterocycles. The van der Waals surface area contributed by atoms with Crippen molar-refractivity contribution in [1.82, 2.24) is 9.88 Å². The van der Waals surface area contributed by atoms with Crippen molar-refractivity contribution in [2.75, 3.05) is 13.1 Å². The first kappa shape index (κ1) is 13.3. The third kappa shape index (κ3) is 3.02. The summed E-state index contributed by atoms with van der Waals surface area (Å²) in [4.78, 5) is 16.9. The van der Waals surface area contributed by atoms with Gasteiger partial charge >= 0.3 is 0 Å². The maximum Gasteiger partial charge on any atom is 0.250 e. The fourth-order valence-electron chi connectivity index (χ4n) is 2.87. The first-order valence-electron chi connectivity index (χ1n) is 7.01. The third-order valence-electron chi connectivity index (χ3n) is 3.71. The Morgan fingerprint density at radius 3 is 2.89 bits per heavy atom. The number of aromatic nitrogens is 1. The fraction of sp³-hybridized carbons (Fsp3) is 0.667. The summed E-state index contributed by atoms with van der Waals surface area (Å²) in [7, 11) is 0. The van der Waals surface area contributed by atoms with Crippen LogP contribution in [0.5, 0.6) is 0 Å². The van der Waals surface area contributed by atoms with Gasteiger partial charge < -0.3 is 4.98 Å². The van der Waals surface area contributed by atoms with Crippen molar-refractivity contribution in [1.29, 1.82) is 0 Å². The minimum Gasteiger partial charge on any atom is -0.329 e. The van der Waals surface area contributed by atoms with E-state index >= 15 is 0 Å². The molecule has 1 N–H and O–H groups in total. The van der Waals surface area contributed by atoms with Crippen LogP contribution < -0.4 is 5.56 Å². The van der Waals surface area contributed by atoms with Gasteiger partial charge in [-0.05, 0) is 43.9 Å².